The van der Waals surface area contributed by atoms with Crippen LogP contribution in [-0.4, -0.2) is 30.1 Å². The normalized spacial score (nSPS) is 26.3. The van der Waals surface area contributed by atoms with Crippen LogP contribution >= 0.6 is 15.9 Å². The summed E-state index contributed by atoms with van der Waals surface area (Å²) in [4.78, 5) is 2.61. The second-order valence-corrected chi connectivity index (χ2v) is 6.72. The van der Waals surface area contributed by atoms with E-state index in [2.05, 4.69) is 71.2 Å². The van der Waals surface area contributed by atoms with Crippen LogP contribution in [0.1, 0.15) is 32.8 Å². The van der Waals surface area contributed by atoms with Gasteiger partial charge in [-0.15, -0.1) is 0 Å². The van der Waals surface area contributed by atoms with Crippen molar-refractivity contribution in [2.75, 3.05) is 13.1 Å². The zero-order valence-corrected chi connectivity index (χ0v) is 13.8. The first-order valence-electron chi connectivity index (χ1n) is 7.32. The molecule has 1 N–H and O–H groups in total. The van der Waals surface area contributed by atoms with Crippen molar-refractivity contribution >= 4 is 15.9 Å². The van der Waals surface area contributed by atoms with Gasteiger partial charge in [-0.2, -0.15) is 0 Å². The lowest BCUT2D eigenvalue weighted by Gasteiger charge is -2.41. The summed E-state index contributed by atoms with van der Waals surface area (Å²) in [6.07, 6.45) is 1.25. The number of hydrogen-bond donors (Lipinski definition) is 1. The van der Waals surface area contributed by atoms with E-state index < -0.39 is 0 Å². The Kier molecular flexibility index (Phi) is 5.43. The van der Waals surface area contributed by atoms with E-state index in [9.17, 15) is 0 Å². The first kappa shape index (κ1) is 15.0. The second-order valence-electron chi connectivity index (χ2n) is 5.81. The van der Waals surface area contributed by atoms with Crippen molar-refractivity contribution in [2.45, 2.75) is 45.8 Å². The van der Waals surface area contributed by atoms with E-state index >= 15 is 0 Å². The molecule has 0 aliphatic carbocycles. The summed E-state index contributed by atoms with van der Waals surface area (Å²) in [7, 11) is 0. The fourth-order valence-corrected chi connectivity index (χ4v) is 2.92. The lowest BCUT2D eigenvalue weighted by atomic mass is 9.95. The van der Waals surface area contributed by atoms with Gasteiger partial charge in [0.05, 0.1) is 0 Å². The minimum absolute atomic E-state index is 0.615. The van der Waals surface area contributed by atoms with E-state index in [1.54, 1.807) is 0 Å². The van der Waals surface area contributed by atoms with Crippen LogP contribution in [0.2, 0.25) is 0 Å². The predicted octanol–water partition coefficient (Wildman–Crippen LogP) is 3.66. The third-order valence-electron chi connectivity index (χ3n) is 4.36. The number of halogens is 1. The van der Waals surface area contributed by atoms with Crippen molar-refractivity contribution in [1.82, 2.24) is 10.2 Å². The largest absolute Gasteiger partial charge is 0.311 e. The molecule has 106 valence electrons. The molecule has 1 heterocycles. The summed E-state index contributed by atoms with van der Waals surface area (Å²) in [5, 5.41) is 3.70. The van der Waals surface area contributed by atoms with Crippen LogP contribution in [0.4, 0.5) is 0 Å². The summed E-state index contributed by atoms with van der Waals surface area (Å²) in [5.74, 6) is 0.750. The fourth-order valence-electron chi connectivity index (χ4n) is 2.66. The van der Waals surface area contributed by atoms with E-state index in [0.717, 1.165) is 30.0 Å². The fraction of sp³-hybridized carbons (Fsp3) is 0.625. The van der Waals surface area contributed by atoms with Crippen LogP contribution in [0.15, 0.2) is 28.7 Å². The lowest BCUT2D eigenvalue weighted by molar-refractivity contribution is 0.112. The van der Waals surface area contributed by atoms with Gasteiger partial charge in [0.15, 0.2) is 0 Å². The van der Waals surface area contributed by atoms with Crippen LogP contribution in [-0.2, 0) is 6.54 Å². The highest BCUT2D eigenvalue weighted by atomic mass is 79.9. The molecule has 0 saturated carbocycles. The standard InChI is InChI=1S/C16H25BrN2/c1-4-12(2)16-11-19(13(3)9-18-16)10-14-5-7-15(17)8-6-14/h5-8,12-13,16,18H,4,9-11H2,1-3H3. The van der Waals surface area contributed by atoms with Gasteiger partial charge in [-0.1, -0.05) is 48.3 Å². The van der Waals surface area contributed by atoms with Gasteiger partial charge in [0.2, 0.25) is 0 Å². The van der Waals surface area contributed by atoms with Gasteiger partial charge in [-0.05, 0) is 30.5 Å². The van der Waals surface area contributed by atoms with Gasteiger partial charge in [0, 0.05) is 36.2 Å². The smallest absolute Gasteiger partial charge is 0.0237 e. The summed E-state index contributed by atoms with van der Waals surface area (Å²) < 4.78 is 1.15. The summed E-state index contributed by atoms with van der Waals surface area (Å²) >= 11 is 3.50. The van der Waals surface area contributed by atoms with Crippen molar-refractivity contribution in [3.05, 3.63) is 34.3 Å². The zero-order valence-electron chi connectivity index (χ0n) is 12.2. The van der Waals surface area contributed by atoms with Crippen molar-refractivity contribution in [3.8, 4) is 0 Å². The molecule has 2 rings (SSSR count). The molecule has 1 aromatic rings. The van der Waals surface area contributed by atoms with Gasteiger partial charge in [0.1, 0.15) is 0 Å². The van der Waals surface area contributed by atoms with Crippen LogP contribution in [0.25, 0.3) is 0 Å². The van der Waals surface area contributed by atoms with Gasteiger partial charge in [-0.3, -0.25) is 4.90 Å². The summed E-state index contributed by atoms with van der Waals surface area (Å²) in [6.45, 7) is 10.3. The van der Waals surface area contributed by atoms with Gasteiger partial charge in [-0.25, -0.2) is 0 Å². The number of nitrogens with zero attached hydrogens (tertiary/aromatic N) is 1. The molecule has 0 bridgehead atoms. The Hall–Kier alpha value is -0.380. The van der Waals surface area contributed by atoms with Crippen LogP contribution in [0.3, 0.4) is 0 Å². The third kappa shape index (κ3) is 4.04. The van der Waals surface area contributed by atoms with Gasteiger partial charge < -0.3 is 5.32 Å². The van der Waals surface area contributed by atoms with E-state index in [1.807, 2.05) is 0 Å². The Balaban J connectivity index is 1.99. The topological polar surface area (TPSA) is 15.3 Å². The molecule has 3 atom stereocenters. The number of rotatable bonds is 4. The SMILES string of the molecule is CCC(C)C1CN(Cc2ccc(Br)cc2)C(C)CN1. The summed E-state index contributed by atoms with van der Waals surface area (Å²) in [6, 6.07) is 9.96. The monoisotopic (exact) mass is 324 g/mol. The molecule has 1 saturated heterocycles. The summed E-state index contributed by atoms with van der Waals surface area (Å²) in [5.41, 5.74) is 1.40. The molecular weight excluding hydrogens is 300 g/mol. The maximum atomic E-state index is 3.70. The van der Waals surface area contributed by atoms with Crippen molar-refractivity contribution in [3.63, 3.8) is 0 Å². The molecular formula is C16H25BrN2. The van der Waals surface area contributed by atoms with Crippen LogP contribution in [0, 0.1) is 5.92 Å². The van der Waals surface area contributed by atoms with Gasteiger partial charge in [0.25, 0.3) is 0 Å². The number of hydrogen-bond acceptors (Lipinski definition) is 2. The minimum atomic E-state index is 0.615. The quantitative estimate of drug-likeness (QED) is 0.909. The molecule has 3 unspecified atom stereocenters. The minimum Gasteiger partial charge on any atom is -0.311 e. The molecule has 1 aliphatic heterocycles. The van der Waals surface area contributed by atoms with Crippen LogP contribution < -0.4 is 5.32 Å². The average molecular weight is 325 g/mol. The van der Waals surface area contributed by atoms with Crippen molar-refractivity contribution in [2.24, 2.45) is 5.92 Å². The zero-order chi connectivity index (χ0) is 13.8. The third-order valence-corrected chi connectivity index (χ3v) is 4.89. The highest BCUT2D eigenvalue weighted by Gasteiger charge is 2.27. The molecule has 19 heavy (non-hydrogen) atoms. The van der Waals surface area contributed by atoms with Crippen molar-refractivity contribution < 1.29 is 0 Å². The van der Waals surface area contributed by atoms with Crippen molar-refractivity contribution in [1.29, 1.82) is 0 Å². The van der Waals surface area contributed by atoms with E-state index in [4.69, 9.17) is 0 Å². The Morgan fingerprint density at radius 2 is 2.05 bits per heavy atom. The lowest BCUT2D eigenvalue weighted by Crippen LogP contribution is -2.56. The Morgan fingerprint density at radius 3 is 2.68 bits per heavy atom. The number of benzene rings is 1. The molecule has 0 spiro atoms. The van der Waals surface area contributed by atoms with Crippen LogP contribution in [0.5, 0.6) is 0 Å². The molecule has 3 heteroatoms. The average Bonchev–Trinajstić information content (AvgIpc) is 2.43. The van der Waals surface area contributed by atoms with Gasteiger partial charge >= 0.3 is 0 Å². The molecule has 0 aromatic heterocycles. The Bertz CT molecular complexity index is 390. The van der Waals surface area contributed by atoms with E-state index in [1.165, 1.54) is 12.0 Å². The predicted molar refractivity (Wildman–Crippen MR) is 85.3 cm³/mol. The number of piperazine rings is 1. The first-order chi connectivity index (χ1) is 9.10. The van der Waals surface area contributed by atoms with E-state index in [-0.39, 0.29) is 0 Å². The maximum Gasteiger partial charge on any atom is 0.0237 e. The molecule has 2 nitrogen and oxygen atoms in total. The molecule has 0 radical (unpaired) electrons. The molecule has 1 aliphatic rings. The second kappa shape index (κ2) is 6.87. The maximum absolute atomic E-state index is 3.70. The molecule has 1 fully saturated rings. The Morgan fingerprint density at radius 1 is 1.37 bits per heavy atom. The molecule has 1 aromatic carbocycles. The molecule has 0 amide bonds. The van der Waals surface area contributed by atoms with E-state index in [0.29, 0.717) is 12.1 Å². The highest BCUT2D eigenvalue weighted by Crippen LogP contribution is 2.19. The first-order valence-corrected chi connectivity index (χ1v) is 8.11. The number of nitrogens with one attached hydrogen (secondary N) is 1. The Labute approximate surface area is 125 Å². The highest BCUT2D eigenvalue weighted by molar-refractivity contribution is 9.10.